The van der Waals surface area contributed by atoms with E-state index < -0.39 is 0 Å². The molecule has 0 aliphatic rings. The quantitative estimate of drug-likeness (QED) is 0.771. The second-order valence-electron chi connectivity index (χ2n) is 4.46. The smallest absolute Gasteiger partial charge is 0.0432 e. The lowest BCUT2D eigenvalue weighted by atomic mass is 9.96. The highest BCUT2D eigenvalue weighted by atomic mass is 32.1. The maximum absolute atomic E-state index is 4.43. The van der Waals surface area contributed by atoms with Gasteiger partial charge in [-0.2, -0.15) is 12.6 Å². The molecule has 1 nitrogen and oxygen atoms in total. The minimum atomic E-state index is 0.410. The molecule has 0 spiro atoms. The van der Waals surface area contributed by atoms with Crippen molar-refractivity contribution in [2.45, 2.75) is 26.8 Å². The first kappa shape index (κ1) is 12.6. The van der Waals surface area contributed by atoms with E-state index in [1.807, 2.05) is 0 Å². The van der Waals surface area contributed by atoms with E-state index in [0.29, 0.717) is 6.04 Å². The van der Waals surface area contributed by atoms with Gasteiger partial charge in [0.25, 0.3) is 0 Å². The van der Waals surface area contributed by atoms with Crippen LogP contribution in [0, 0.1) is 20.8 Å². The SMILES string of the molecule is Cc1cc(C)c(C(CS)N(C)C)cc1C. The molecule has 0 aromatic heterocycles. The van der Waals surface area contributed by atoms with Gasteiger partial charge in [-0.25, -0.2) is 0 Å². The fourth-order valence-corrected chi connectivity index (χ4v) is 2.40. The second-order valence-corrected chi connectivity index (χ2v) is 4.82. The van der Waals surface area contributed by atoms with Crippen LogP contribution in [-0.4, -0.2) is 24.7 Å². The van der Waals surface area contributed by atoms with Crippen LogP contribution < -0.4 is 0 Å². The maximum atomic E-state index is 4.43. The van der Waals surface area contributed by atoms with Crippen molar-refractivity contribution in [1.29, 1.82) is 0 Å². The molecule has 1 unspecified atom stereocenters. The number of hydrogen-bond acceptors (Lipinski definition) is 2. The third kappa shape index (κ3) is 2.76. The van der Waals surface area contributed by atoms with Crippen LogP contribution in [0.5, 0.6) is 0 Å². The predicted octanol–water partition coefficient (Wildman–Crippen LogP) is 3.14. The van der Waals surface area contributed by atoms with Crippen LogP contribution in [0.1, 0.15) is 28.3 Å². The average molecular weight is 223 g/mol. The summed E-state index contributed by atoms with van der Waals surface area (Å²) < 4.78 is 0. The molecule has 1 rings (SSSR count). The third-order valence-electron chi connectivity index (χ3n) is 3.04. The van der Waals surface area contributed by atoms with Crippen molar-refractivity contribution in [1.82, 2.24) is 4.90 Å². The van der Waals surface area contributed by atoms with Gasteiger partial charge in [-0.15, -0.1) is 0 Å². The number of hydrogen-bond donors (Lipinski definition) is 1. The summed E-state index contributed by atoms with van der Waals surface area (Å²) in [5, 5.41) is 0. The first-order valence-corrected chi connectivity index (χ1v) is 5.95. The monoisotopic (exact) mass is 223 g/mol. The standard InChI is InChI=1S/C13H21NS/c1-9-6-11(3)12(7-10(9)2)13(8-15)14(4)5/h6-7,13,15H,8H2,1-5H3. The van der Waals surface area contributed by atoms with Crippen molar-refractivity contribution < 1.29 is 0 Å². The molecule has 15 heavy (non-hydrogen) atoms. The fourth-order valence-electron chi connectivity index (χ4n) is 1.88. The van der Waals surface area contributed by atoms with Gasteiger partial charge in [0.2, 0.25) is 0 Å². The molecule has 1 atom stereocenters. The Labute approximate surface area is 98.9 Å². The van der Waals surface area contributed by atoms with Crippen molar-refractivity contribution in [3.05, 3.63) is 34.4 Å². The molecule has 0 aliphatic carbocycles. The normalized spacial score (nSPS) is 13.3. The van der Waals surface area contributed by atoms with Gasteiger partial charge in [0.1, 0.15) is 0 Å². The van der Waals surface area contributed by atoms with Crippen LogP contribution in [0.15, 0.2) is 12.1 Å². The zero-order valence-electron chi connectivity index (χ0n) is 10.3. The molecule has 0 heterocycles. The molecule has 0 saturated carbocycles. The van der Waals surface area contributed by atoms with Crippen LogP contribution >= 0.6 is 12.6 Å². The lowest BCUT2D eigenvalue weighted by Gasteiger charge is -2.25. The van der Waals surface area contributed by atoms with E-state index in [9.17, 15) is 0 Å². The molecule has 0 N–H and O–H groups in total. The van der Waals surface area contributed by atoms with Crippen LogP contribution in [0.4, 0.5) is 0 Å². The molecular formula is C13H21NS. The van der Waals surface area contributed by atoms with Gasteiger partial charge >= 0.3 is 0 Å². The molecule has 1 aromatic carbocycles. The Morgan fingerprint density at radius 1 is 1.07 bits per heavy atom. The van der Waals surface area contributed by atoms with Gasteiger partial charge in [-0.3, -0.25) is 0 Å². The summed E-state index contributed by atoms with van der Waals surface area (Å²) in [7, 11) is 4.21. The van der Waals surface area contributed by atoms with Crippen LogP contribution in [0.2, 0.25) is 0 Å². The summed E-state index contributed by atoms with van der Waals surface area (Å²) >= 11 is 4.43. The van der Waals surface area contributed by atoms with Crippen molar-refractivity contribution in [3.63, 3.8) is 0 Å². The lowest BCUT2D eigenvalue weighted by molar-refractivity contribution is 0.325. The second kappa shape index (κ2) is 5.04. The molecule has 0 aliphatic heterocycles. The summed E-state index contributed by atoms with van der Waals surface area (Å²) in [6.45, 7) is 6.52. The van der Waals surface area contributed by atoms with Crippen LogP contribution in [0.3, 0.4) is 0 Å². The van der Waals surface area contributed by atoms with Gasteiger partial charge in [0.15, 0.2) is 0 Å². The molecule has 84 valence electrons. The van der Waals surface area contributed by atoms with Crippen molar-refractivity contribution >= 4 is 12.6 Å². The fraction of sp³-hybridized carbons (Fsp3) is 0.538. The Bertz CT molecular complexity index is 345. The average Bonchev–Trinajstić information content (AvgIpc) is 2.14. The Hall–Kier alpha value is -0.470. The van der Waals surface area contributed by atoms with E-state index in [4.69, 9.17) is 0 Å². The van der Waals surface area contributed by atoms with Gasteiger partial charge in [-0.1, -0.05) is 12.1 Å². The third-order valence-corrected chi connectivity index (χ3v) is 3.38. The van der Waals surface area contributed by atoms with Gasteiger partial charge < -0.3 is 4.90 Å². The maximum Gasteiger partial charge on any atom is 0.0432 e. The van der Waals surface area contributed by atoms with E-state index >= 15 is 0 Å². The molecule has 0 amide bonds. The van der Waals surface area contributed by atoms with E-state index in [0.717, 1.165) is 5.75 Å². The summed E-state index contributed by atoms with van der Waals surface area (Å²) in [4.78, 5) is 2.23. The first-order valence-electron chi connectivity index (χ1n) is 5.32. The molecule has 0 saturated heterocycles. The zero-order chi connectivity index (χ0) is 11.6. The number of aryl methyl sites for hydroxylation is 3. The summed E-state index contributed by atoms with van der Waals surface area (Å²) in [6.07, 6.45) is 0. The Kier molecular flexibility index (Phi) is 4.23. The molecule has 0 radical (unpaired) electrons. The Morgan fingerprint density at radius 3 is 2.07 bits per heavy atom. The number of nitrogens with zero attached hydrogens (tertiary/aromatic N) is 1. The lowest BCUT2D eigenvalue weighted by Crippen LogP contribution is -2.22. The summed E-state index contributed by atoms with van der Waals surface area (Å²) in [5.74, 6) is 0.857. The summed E-state index contributed by atoms with van der Waals surface area (Å²) in [6, 6.07) is 4.98. The van der Waals surface area contributed by atoms with E-state index in [2.05, 4.69) is 64.5 Å². The molecular weight excluding hydrogens is 202 g/mol. The van der Waals surface area contributed by atoms with E-state index in [1.165, 1.54) is 22.3 Å². The minimum Gasteiger partial charge on any atom is -0.302 e. The largest absolute Gasteiger partial charge is 0.302 e. The number of benzene rings is 1. The highest BCUT2D eigenvalue weighted by molar-refractivity contribution is 7.80. The highest BCUT2D eigenvalue weighted by Gasteiger charge is 2.15. The van der Waals surface area contributed by atoms with Gasteiger partial charge in [-0.05, 0) is 57.1 Å². The van der Waals surface area contributed by atoms with Crippen molar-refractivity contribution in [2.24, 2.45) is 0 Å². The Morgan fingerprint density at radius 2 is 1.60 bits per heavy atom. The Balaban J connectivity index is 3.18. The van der Waals surface area contributed by atoms with Crippen LogP contribution in [-0.2, 0) is 0 Å². The highest BCUT2D eigenvalue weighted by Crippen LogP contribution is 2.25. The van der Waals surface area contributed by atoms with E-state index in [1.54, 1.807) is 0 Å². The zero-order valence-corrected chi connectivity index (χ0v) is 11.2. The van der Waals surface area contributed by atoms with Crippen molar-refractivity contribution in [3.8, 4) is 0 Å². The summed E-state index contributed by atoms with van der Waals surface area (Å²) in [5.41, 5.74) is 5.50. The van der Waals surface area contributed by atoms with E-state index in [-0.39, 0.29) is 0 Å². The first-order chi connectivity index (χ1) is 6.97. The topological polar surface area (TPSA) is 3.24 Å². The van der Waals surface area contributed by atoms with Crippen molar-refractivity contribution in [2.75, 3.05) is 19.8 Å². The molecule has 0 fully saturated rings. The van der Waals surface area contributed by atoms with Gasteiger partial charge in [0.05, 0.1) is 0 Å². The molecule has 2 heteroatoms. The predicted molar refractivity (Wildman–Crippen MR) is 70.9 cm³/mol. The number of thiol groups is 1. The number of rotatable bonds is 3. The molecule has 1 aromatic rings. The molecule has 0 bridgehead atoms. The minimum absolute atomic E-state index is 0.410. The van der Waals surface area contributed by atoms with Gasteiger partial charge in [0, 0.05) is 11.8 Å². The van der Waals surface area contributed by atoms with Crippen LogP contribution in [0.25, 0.3) is 0 Å².